The van der Waals surface area contributed by atoms with E-state index in [1.807, 2.05) is 0 Å². The number of thiocarbonyl (C=S) groups is 1. The van der Waals surface area contributed by atoms with E-state index < -0.39 is 0 Å². The molecule has 0 amide bonds. The summed E-state index contributed by atoms with van der Waals surface area (Å²) in [5.41, 5.74) is 5.65. The van der Waals surface area contributed by atoms with Gasteiger partial charge in [-0.3, -0.25) is 0 Å². The Balaban J connectivity index is 1.65. The Kier molecular flexibility index (Phi) is 6.20. The highest BCUT2D eigenvalue weighted by Gasteiger charge is 2.27. The molecular weight excluding hydrogens is 400 g/mol. The number of carbonyl (C=O) groups is 1. The van der Waals surface area contributed by atoms with E-state index in [9.17, 15) is 4.79 Å². The van der Waals surface area contributed by atoms with E-state index in [1.54, 1.807) is 11.3 Å². The third-order valence-electron chi connectivity index (χ3n) is 5.88. The number of nitrogens with one attached hydrogen (secondary N) is 1. The van der Waals surface area contributed by atoms with Crippen LogP contribution in [0.2, 0.25) is 0 Å². The monoisotopic (exact) mass is 428 g/mol. The van der Waals surface area contributed by atoms with Crippen molar-refractivity contribution in [3.63, 3.8) is 0 Å². The molecule has 2 heterocycles. The van der Waals surface area contributed by atoms with E-state index in [0.29, 0.717) is 10.7 Å². The maximum atomic E-state index is 12.6. The molecule has 6 heteroatoms. The summed E-state index contributed by atoms with van der Waals surface area (Å²) in [6, 6.07) is 6.55. The van der Waals surface area contributed by atoms with Crippen molar-refractivity contribution in [3.05, 3.63) is 45.3 Å². The van der Waals surface area contributed by atoms with Gasteiger partial charge in [-0.15, -0.1) is 11.3 Å². The number of benzene rings is 1. The Hall–Kier alpha value is -1.92. The van der Waals surface area contributed by atoms with Crippen LogP contribution in [0, 0.1) is 6.92 Å². The molecule has 0 fully saturated rings. The minimum Gasteiger partial charge on any atom is -0.465 e. The van der Waals surface area contributed by atoms with Crippen molar-refractivity contribution >= 4 is 45.3 Å². The van der Waals surface area contributed by atoms with Crippen LogP contribution in [0.4, 0.5) is 10.7 Å². The molecule has 0 atom stereocenters. The van der Waals surface area contributed by atoms with E-state index in [2.05, 4.69) is 35.3 Å². The van der Waals surface area contributed by atoms with Crippen molar-refractivity contribution in [2.75, 3.05) is 23.9 Å². The maximum Gasteiger partial charge on any atom is 0.341 e. The SMILES string of the molecule is COC(=O)c1c(NC(=S)N2CCCc3cc(C)ccc32)sc2c1CCCCCC2. The van der Waals surface area contributed by atoms with Crippen LogP contribution >= 0.6 is 23.6 Å². The summed E-state index contributed by atoms with van der Waals surface area (Å²) in [5.74, 6) is -0.261. The summed E-state index contributed by atoms with van der Waals surface area (Å²) < 4.78 is 5.14. The summed E-state index contributed by atoms with van der Waals surface area (Å²) in [7, 11) is 1.46. The molecule has 1 aromatic carbocycles. The highest BCUT2D eigenvalue weighted by atomic mass is 32.1. The molecule has 29 heavy (non-hydrogen) atoms. The first-order valence-corrected chi connectivity index (χ1v) is 11.7. The second-order valence-electron chi connectivity index (χ2n) is 7.93. The molecule has 1 N–H and O–H groups in total. The van der Waals surface area contributed by atoms with Gasteiger partial charge in [0.25, 0.3) is 0 Å². The van der Waals surface area contributed by atoms with Crippen molar-refractivity contribution in [2.45, 2.75) is 58.3 Å². The number of thiophene rings is 1. The largest absolute Gasteiger partial charge is 0.465 e. The van der Waals surface area contributed by atoms with Crippen LogP contribution in [-0.4, -0.2) is 24.7 Å². The molecule has 0 saturated heterocycles. The van der Waals surface area contributed by atoms with Crippen LogP contribution < -0.4 is 10.2 Å². The summed E-state index contributed by atoms with van der Waals surface area (Å²) in [6.45, 7) is 3.01. The zero-order chi connectivity index (χ0) is 20.4. The molecule has 4 nitrogen and oxygen atoms in total. The second-order valence-corrected chi connectivity index (χ2v) is 9.42. The molecule has 1 aliphatic heterocycles. The summed E-state index contributed by atoms with van der Waals surface area (Å²) in [4.78, 5) is 16.1. The molecule has 0 spiro atoms. The number of hydrogen-bond acceptors (Lipinski definition) is 4. The average Bonchev–Trinajstić information content (AvgIpc) is 3.02. The van der Waals surface area contributed by atoms with Gasteiger partial charge in [-0.25, -0.2) is 4.79 Å². The van der Waals surface area contributed by atoms with Crippen molar-refractivity contribution < 1.29 is 9.53 Å². The van der Waals surface area contributed by atoms with Gasteiger partial charge in [-0.05, 0) is 74.9 Å². The first kappa shape index (κ1) is 20.4. The Labute approximate surface area is 182 Å². The Morgan fingerprint density at radius 1 is 1.14 bits per heavy atom. The van der Waals surface area contributed by atoms with Crippen molar-refractivity contribution in [1.29, 1.82) is 0 Å². The summed E-state index contributed by atoms with van der Waals surface area (Å²) in [5, 5.41) is 4.93. The van der Waals surface area contributed by atoms with Crippen LogP contribution in [0.3, 0.4) is 0 Å². The fourth-order valence-corrected chi connectivity index (χ4v) is 6.06. The number of rotatable bonds is 2. The predicted molar refractivity (Wildman–Crippen MR) is 125 cm³/mol. The zero-order valence-electron chi connectivity index (χ0n) is 17.2. The van der Waals surface area contributed by atoms with Crippen LogP contribution in [0.25, 0.3) is 0 Å². The molecule has 0 radical (unpaired) electrons. The zero-order valence-corrected chi connectivity index (χ0v) is 18.8. The number of methoxy groups -OCH3 is 1. The van der Waals surface area contributed by atoms with E-state index >= 15 is 0 Å². The van der Waals surface area contributed by atoms with Crippen molar-refractivity contribution in [1.82, 2.24) is 0 Å². The van der Waals surface area contributed by atoms with Crippen LogP contribution in [0.1, 0.15) is 64.0 Å². The lowest BCUT2D eigenvalue weighted by Gasteiger charge is -2.32. The predicted octanol–water partition coefficient (Wildman–Crippen LogP) is 5.65. The molecule has 1 aliphatic carbocycles. The number of anilines is 2. The Morgan fingerprint density at radius 2 is 1.93 bits per heavy atom. The molecule has 0 bridgehead atoms. The molecule has 4 rings (SSSR count). The number of hydrogen-bond donors (Lipinski definition) is 1. The van der Waals surface area contributed by atoms with Crippen molar-refractivity contribution in [3.8, 4) is 0 Å². The quantitative estimate of drug-likeness (QED) is 0.494. The lowest BCUT2D eigenvalue weighted by Crippen LogP contribution is -2.38. The number of fused-ring (bicyclic) bond motifs is 2. The third kappa shape index (κ3) is 4.19. The molecule has 1 aromatic heterocycles. The summed E-state index contributed by atoms with van der Waals surface area (Å²) in [6.07, 6.45) is 8.91. The van der Waals surface area contributed by atoms with E-state index in [1.165, 1.54) is 53.6 Å². The van der Waals surface area contributed by atoms with Gasteiger partial charge in [0.1, 0.15) is 5.00 Å². The number of esters is 1. The third-order valence-corrected chi connectivity index (χ3v) is 7.41. The topological polar surface area (TPSA) is 41.6 Å². The van der Waals surface area contributed by atoms with Gasteiger partial charge >= 0.3 is 5.97 Å². The fourth-order valence-electron chi connectivity index (χ4n) is 4.43. The van der Waals surface area contributed by atoms with Gasteiger partial charge in [-0.1, -0.05) is 30.5 Å². The first-order valence-electron chi connectivity index (χ1n) is 10.5. The van der Waals surface area contributed by atoms with Gasteiger partial charge in [0.05, 0.1) is 12.7 Å². The lowest BCUT2D eigenvalue weighted by atomic mass is 9.96. The average molecular weight is 429 g/mol. The Morgan fingerprint density at radius 3 is 2.72 bits per heavy atom. The minimum atomic E-state index is -0.261. The van der Waals surface area contributed by atoms with E-state index in [4.69, 9.17) is 17.0 Å². The number of carbonyl (C=O) groups excluding carboxylic acids is 1. The molecule has 0 unspecified atom stereocenters. The van der Waals surface area contributed by atoms with Gasteiger partial charge in [0.15, 0.2) is 5.11 Å². The van der Waals surface area contributed by atoms with Crippen LogP contribution in [0.15, 0.2) is 18.2 Å². The highest BCUT2D eigenvalue weighted by molar-refractivity contribution is 7.80. The van der Waals surface area contributed by atoms with Gasteiger partial charge < -0.3 is 15.0 Å². The minimum absolute atomic E-state index is 0.261. The number of aryl methyl sites for hydroxylation is 3. The highest BCUT2D eigenvalue weighted by Crippen LogP contribution is 2.38. The molecule has 0 saturated carbocycles. The van der Waals surface area contributed by atoms with Gasteiger partial charge in [-0.2, -0.15) is 0 Å². The smallest absolute Gasteiger partial charge is 0.341 e. The van der Waals surface area contributed by atoms with Gasteiger partial charge in [0, 0.05) is 17.1 Å². The normalized spacial score (nSPS) is 16.3. The van der Waals surface area contributed by atoms with Crippen molar-refractivity contribution in [2.24, 2.45) is 0 Å². The van der Waals surface area contributed by atoms with E-state index in [0.717, 1.165) is 43.6 Å². The maximum absolute atomic E-state index is 12.6. The Bertz CT molecular complexity index is 935. The van der Waals surface area contributed by atoms with Crippen LogP contribution in [-0.2, 0) is 24.0 Å². The van der Waals surface area contributed by atoms with E-state index in [-0.39, 0.29) is 5.97 Å². The number of ether oxygens (including phenoxy) is 1. The lowest BCUT2D eigenvalue weighted by molar-refractivity contribution is 0.0601. The molecular formula is C23H28N2O2S2. The first-order chi connectivity index (χ1) is 14.1. The summed E-state index contributed by atoms with van der Waals surface area (Å²) >= 11 is 7.49. The number of nitrogens with zero attached hydrogens (tertiary/aromatic N) is 1. The van der Waals surface area contributed by atoms with Crippen LogP contribution in [0.5, 0.6) is 0 Å². The fraction of sp³-hybridized carbons (Fsp3) is 0.478. The standard InChI is InChI=1S/C23H28N2O2S2/c1-15-11-12-18-16(14-15)8-7-13-25(18)23(28)24-21-20(22(26)27-2)17-9-5-3-4-6-10-19(17)29-21/h11-12,14H,3-10,13H2,1-2H3,(H,24,28). The van der Waals surface area contributed by atoms with Gasteiger partial charge in [0.2, 0.25) is 0 Å². The second kappa shape index (κ2) is 8.84. The molecule has 2 aromatic rings. The molecule has 2 aliphatic rings. The molecule has 154 valence electrons.